The molecule has 0 fully saturated rings. The van der Waals surface area contributed by atoms with E-state index in [4.69, 9.17) is 16.7 Å². The minimum absolute atomic E-state index is 0.249. The van der Waals surface area contributed by atoms with Gasteiger partial charge in [0.25, 0.3) is 0 Å². The Morgan fingerprint density at radius 2 is 2.12 bits per heavy atom. The predicted octanol–water partition coefficient (Wildman–Crippen LogP) is 2.75. The number of hydrogen-bond acceptors (Lipinski definition) is 3. The van der Waals surface area contributed by atoms with Gasteiger partial charge in [-0.2, -0.15) is 0 Å². The van der Waals surface area contributed by atoms with Crippen molar-refractivity contribution in [2.45, 2.75) is 19.3 Å². The summed E-state index contributed by atoms with van der Waals surface area (Å²) in [6.07, 6.45) is 3.65. The van der Waals surface area contributed by atoms with Crippen LogP contribution < -0.4 is 4.90 Å². The largest absolute Gasteiger partial charge is 0.396 e. The van der Waals surface area contributed by atoms with Gasteiger partial charge in [-0.25, -0.2) is 0 Å². The molecule has 0 saturated carbocycles. The van der Waals surface area contributed by atoms with E-state index in [0.29, 0.717) is 10.6 Å². The summed E-state index contributed by atoms with van der Waals surface area (Å²) in [6.45, 7) is 1.14. The highest BCUT2D eigenvalue weighted by Gasteiger charge is 2.06. The third kappa shape index (κ3) is 4.36. The van der Waals surface area contributed by atoms with Crippen LogP contribution in [0.15, 0.2) is 18.2 Å². The molecule has 4 heteroatoms. The van der Waals surface area contributed by atoms with Gasteiger partial charge < -0.3 is 10.0 Å². The number of anilines is 1. The van der Waals surface area contributed by atoms with E-state index in [1.807, 2.05) is 13.1 Å². The van der Waals surface area contributed by atoms with Gasteiger partial charge >= 0.3 is 0 Å². The van der Waals surface area contributed by atoms with E-state index in [2.05, 4.69) is 4.90 Å². The Morgan fingerprint density at radius 3 is 2.71 bits per heavy atom. The number of benzene rings is 1. The molecule has 1 N–H and O–H groups in total. The van der Waals surface area contributed by atoms with Crippen LogP contribution >= 0.6 is 11.6 Å². The van der Waals surface area contributed by atoms with Gasteiger partial charge in [-0.15, -0.1) is 0 Å². The van der Waals surface area contributed by atoms with E-state index >= 15 is 0 Å². The Morgan fingerprint density at radius 1 is 1.35 bits per heavy atom. The third-order valence-electron chi connectivity index (χ3n) is 2.67. The Hall–Kier alpha value is -1.06. The van der Waals surface area contributed by atoms with E-state index in [-0.39, 0.29) is 6.61 Å². The first-order chi connectivity index (χ1) is 8.19. The van der Waals surface area contributed by atoms with E-state index in [1.54, 1.807) is 12.1 Å². The number of nitrogens with zero attached hydrogens (tertiary/aromatic N) is 1. The number of rotatable bonds is 7. The highest BCUT2D eigenvalue weighted by atomic mass is 35.5. The molecule has 0 unspecified atom stereocenters. The maximum atomic E-state index is 10.6. The number of hydrogen-bond donors (Lipinski definition) is 1. The SMILES string of the molecule is CN(CCCCCO)c1ccc(C=O)cc1Cl. The molecule has 0 saturated heterocycles. The highest BCUT2D eigenvalue weighted by Crippen LogP contribution is 2.25. The molecule has 0 bridgehead atoms. The number of aliphatic hydroxyl groups is 1. The number of unbranched alkanes of at least 4 members (excludes halogenated alkanes) is 2. The maximum Gasteiger partial charge on any atom is 0.150 e. The fourth-order valence-electron chi connectivity index (χ4n) is 1.66. The Bertz CT molecular complexity index is 368. The molecule has 0 aromatic heterocycles. The van der Waals surface area contributed by atoms with E-state index in [0.717, 1.165) is 37.8 Å². The Kier molecular flexibility index (Phi) is 6.01. The zero-order valence-electron chi connectivity index (χ0n) is 10.0. The topological polar surface area (TPSA) is 40.5 Å². The van der Waals surface area contributed by atoms with Crippen LogP contribution in [-0.2, 0) is 0 Å². The zero-order valence-corrected chi connectivity index (χ0v) is 10.8. The number of aliphatic hydroxyl groups excluding tert-OH is 1. The molecule has 94 valence electrons. The molecular formula is C13H18ClNO2. The van der Waals surface area contributed by atoms with Crippen molar-refractivity contribution >= 4 is 23.6 Å². The van der Waals surface area contributed by atoms with E-state index in [1.165, 1.54) is 0 Å². The number of aldehydes is 1. The first-order valence-electron chi connectivity index (χ1n) is 5.75. The summed E-state index contributed by atoms with van der Waals surface area (Å²) >= 11 is 6.10. The van der Waals surface area contributed by atoms with Gasteiger partial charge in [-0.1, -0.05) is 11.6 Å². The van der Waals surface area contributed by atoms with E-state index in [9.17, 15) is 4.79 Å². The molecule has 1 rings (SSSR count). The lowest BCUT2D eigenvalue weighted by Gasteiger charge is -2.20. The average Bonchev–Trinajstić information content (AvgIpc) is 2.34. The summed E-state index contributed by atoms with van der Waals surface area (Å²) in [5.74, 6) is 0. The minimum atomic E-state index is 0.249. The second-order valence-corrected chi connectivity index (χ2v) is 4.44. The summed E-state index contributed by atoms with van der Waals surface area (Å²) in [7, 11) is 1.97. The van der Waals surface area contributed by atoms with Gasteiger partial charge in [-0.3, -0.25) is 4.79 Å². The molecule has 0 heterocycles. The van der Waals surface area contributed by atoms with Gasteiger partial charge in [0.15, 0.2) is 0 Å². The molecular weight excluding hydrogens is 238 g/mol. The summed E-state index contributed by atoms with van der Waals surface area (Å²) in [6, 6.07) is 5.30. The monoisotopic (exact) mass is 255 g/mol. The average molecular weight is 256 g/mol. The molecule has 17 heavy (non-hydrogen) atoms. The van der Waals surface area contributed by atoms with Gasteiger partial charge in [0.05, 0.1) is 10.7 Å². The highest BCUT2D eigenvalue weighted by molar-refractivity contribution is 6.33. The van der Waals surface area contributed by atoms with Crippen LogP contribution in [0.5, 0.6) is 0 Å². The number of halogens is 1. The predicted molar refractivity (Wildman–Crippen MR) is 71.0 cm³/mol. The molecule has 0 aliphatic carbocycles. The van der Waals surface area contributed by atoms with Crippen LogP contribution in [0.3, 0.4) is 0 Å². The smallest absolute Gasteiger partial charge is 0.150 e. The standard InChI is InChI=1S/C13H18ClNO2/c1-15(7-3-2-4-8-16)13-6-5-11(10-17)9-12(13)14/h5-6,9-10,16H,2-4,7-8H2,1H3. The molecule has 0 spiro atoms. The van der Waals surface area contributed by atoms with Crippen molar-refractivity contribution < 1.29 is 9.90 Å². The molecule has 0 amide bonds. The van der Waals surface area contributed by atoms with Crippen LogP contribution in [0.1, 0.15) is 29.6 Å². The van der Waals surface area contributed by atoms with Crippen LogP contribution in [-0.4, -0.2) is 31.6 Å². The van der Waals surface area contributed by atoms with Crippen molar-refractivity contribution in [3.05, 3.63) is 28.8 Å². The summed E-state index contributed by atoms with van der Waals surface area (Å²) in [5.41, 5.74) is 1.52. The fraction of sp³-hybridized carbons (Fsp3) is 0.462. The third-order valence-corrected chi connectivity index (χ3v) is 2.97. The Labute approximate surface area is 107 Å². The van der Waals surface area contributed by atoms with Gasteiger partial charge in [0.1, 0.15) is 6.29 Å². The minimum Gasteiger partial charge on any atom is -0.396 e. The fourth-order valence-corrected chi connectivity index (χ4v) is 2.00. The van der Waals surface area contributed by atoms with Crippen LogP contribution in [0, 0.1) is 0 Å². The van der Waals surface area contributed by atoms with Gasteiger partial charge in [0.2, 0.25) is 0 Å². The zero-order chi connectivity index (χ0) is 12.7. The van der Waals surface area contributed by atoms with Crippen LogP contribution in [0.25, 0.3) is 0 Å². The molecule has 1 aromatic carbocycles. The second-order valence-electron chi connectivity index (χ2n) is 4.03. The summed E-state index contributed by atoms with van der Waals surface area (Å²) < 4.78 is 0. The van der Waals surface area contributed by atoms with Crippen molar-refractivity contribution in [2.75, 3.05) is 25.1 Å². The lowest BCUT2D eigenvalue weighted by atomic mass is 10.2. The van der Waals surface area contributed by atoms with Crippen molar-refractivity contribution in [1.29, 1.82) is 0 Å². The van der Waals surface area contributed by atoms with Gasteiger partial charge in [-0.05, 0) is 37.5 Å². The Balaban J connectivity index is 2.56. The summed E-state index contributed by atoms with van der Waals surface area (Å²) in [5, 5.41) is 9.28. The summed E-state index contributed by atoms with van der Waals surface area (Å²) in [4.78, 5) is 12.7. The van der Waals surface area contributed by atoms with Crippen molar-refractivity contribution in [3.8, 4) is 0 Å². The van der Waals surface area contributed by atoms with Crippen molar-refractivity contribution in [1.82, 2.24) is 0 Å². The van der Waals surface area contributed by atoms with E-state index < -0.39 is 0 Å². The molecule has 0 aliphatic rings. The van der Waals surface area contributed by atoms with Gasteiger partial charge in [0, 0.05) is 25.8 Å². The molecule has 0 atom stereocenters. The second kappa shape index (κ2) is 7.30. The van der Waals surface area contributed by atoms with Crippen LogP contribution in [0.4, 0.5) is 5.69 Å². The molecule has 0 aliphatic heterocycles. The maximum absolute atomic E-state index is 10.6. The van der Waals surface area contributed by atoms with Crippen LogP contribution in [0.2, 0.25) is 5.02 Å². The number of carbonyl (C=O) groups is 1. The number of carbonyl (C=O) groups excluding carboxylic acids is 1. The first-order valence-corrected chi connectivity index (χ1v) is 6.13. The lowest BCUT2D eigenvalue weighted by Crippen LogP contribution is -2.18. The van der Waals surface area contributed by atoms with Crippen molar-refractivity contribution in [2.24, 2.45) is 0 Å². The quantitative estimate of drug-likeness (QED) is 0.602. The molecule has 1 aromatic rings. The van der Waals surface area contributed by atoms with Crippen molar-refractivity contribution in [3.63, 3.8) is 0 Å². The molecule has 0 radical (unpaired) electrons. The first kappa shape index (κ1) is 14.0. The molecule has 3 nitrogen and oxygen atoms in total. The lowest BCUT2D eigenvalue weighted by molar-refractivity contribution is 0.112. The normalized spacial score (nSPS) is 10.3.